The highest BCUT2D eigenvalue weighted by molar-refractivity contribution is 5.60. The molecule has 0 saturated carbocycles. The zero-order valence-electron chi connectivity index (χ0n) is 19.7. The normalized spacial score (nSPS) is 15.0. The molecule has 182 valence electrons. The molecule has 4 rings (SSSR count). The third-order valence-corrected chi connectivity index (χ3v) is 5.61. The standard InChI is InChI=1S/C23H33N9O2/c1-16(2)11-19(14-33)25-13-18-12-21(27-15-26-18)32-22(24)29-23(30-32)28-17-3-5-20(6-4-17)31-7-9-34-10-8-31/h3-6,12,15-16,19,25,33H,7-11,13-14H2,1-2H3,(H3,24,28,29,30). The van der Waals surface area contributed by atoms with Gasteiger partial charge in [0.05, 0.1) is 25.5 Å². The Hall–Kier alpha value is -3.28. The van der Waals surface area contributed by atoms with Crippen molar-refractivity contribution in [3.8, 4) is 5.82 Å². The number of aliphatic hydroxyl groups excluding tert-OH is 1. The van der Waals surface area contributed by atoms with Crippen molar-refractivity contribution in [2.24, 2.45) is 5.92 Å². The van der Waals surface area contributed by atoms with Crippen LogP contribution in [-0.2, 0) is 11.3 Å². The molecule has 1 aliphatic heterocycles. The number of aliphatic hydroxyl groups is 1. The summed E-state index contributed by atoms with van der Waals surface area (Å²) in [7, 11) is 0. The van der Waals surface area contributed by atoms with Gasteiger partial charge < -0.3 is 31.1 Å². The molecule has 1 saturated heterocycles. The monoisotopic (exact) mass is 467 g/mol. The maximum Gasteiger partial charge on any atom is 0.248 e. The molecule has 1 aromatic carbocycles. The van der Waals surface area contributed by atoms with E-state index in [0.717, 1.165) is 49.8 Å². The van der Waals surface area contributed by atoms with Gasteiger partial charge in [0.25, 0.3) is 0 Å². The molecule has 0 amide bonds. The third kappa shape index (κ3) is 6.19. The van der Waals surface area contributed by atoms with E-state index >= 15 is 0 Å². The molecule has 0 bridgehead atoms. The predicted molar refractivity (Wildman–Crippen MR) is 131 cm³/mol. The lowest BCUT2D eigenvalue weighted by Gasteiger charge is -2.28. The lowest BCUT2D eigenvalue weighted by Crippen LogP contribution is -2.36. The number of ether oxygens (including phenoxy) is 1. The molecule has 1 aliphatic rings. The Kier molecular flexibility index (Phi) is 7.88. The van der Waals surface area contributed by atoms with E-state index in [1.807, 2.05) is 18.2 Å². The fourth-order valence-corrected chi connectivity index (χ4v) is 3.89. The van der Waals surface area contributed by atoms with Crippen molar-refractivity contribution < 1.29 is 9.84 Å². The lowest BCUT2D eigenvalue weighted by molar-refractivity contribution is 0.122. The number of hydrogen-bond donors (Lipinski definition) is 4. The summed E-state index contributed by atoms with van der Waals surface area (Å²) < 4.78 is 6.90. The van der Waals surface area contributed by atoms with Crippen molar-refractivity contribution in [2.45, 2.75) is 32.9 Å². The fraction of sp³-hybridized carbons (Fsp3) is 0.478. The molecule has 0 aliphatic carbocycles. The highest BCUT2D eigenvalue weighted by Crippen LogP contribution is 2.22. The van der Waals surface area contributed by atoms with Crippen LogP contribution in [0.5, 0.6) is 0 Å². The first kappa shape index (κ1) is 23.9. The van der Waals surface area contributed by atoms with E-state index in [0.29, 0.717) is 24.2 Å². The first-order valence-electron chi connectivity index (χ1n) is 11.6. The molecule has 3 aromatic rings. The van der Waals surface area contributed by atoms with Crippen LogP contribution in [0.15, 0.2) is 36.7 Å². The number of morpholine rings is 1. The van der Waals surface area contributed by atoms with Gasteiger partial charge in [-0.15, -0.1) is 5.10 Å². The summed E-state index contributed by atoms with van der Waals surface area (Å²) in [4.78, 5) is 15.2. The van der Waals surface area contributed by atoms with Gasteiger partial charge in [0.2, 0.25) is 11.9 Å². The summed E-state index contributed by atoms with van der Waals surface area (Å²) in [6, 6.07) is 9.94. The number of nitrogen functional groups attached to an aromatic ring is 1. The van der Waals surface area contributed by atoms with Crippen molar-refractivity contribution in [2.75, 3.05) is 48.9 Å². The maximum atomic E-state index is 9.58. The van der Waals surface area contributed by atoms with Crippen LogP contribution in [0.4, 0.5) is 23.3 Å². The molecule has 34 heavy (non-hydrogen) atoms. The van der Waals surface area contributed by atoms with Crippen LogP contribution in [0.1, 0.15) is 26.0 Å². The number of nitrogens with two attached hydrogens (primary N) is 1. The summed E-state index contributed by atoms with van der Waals surface area (Å²) in [5.74, 6) is 1.62. The first-order valence-corrected chi connectivity index (χ1v) is 11.6. The number of nitrogens with zero attached hydrogens (tertiary/aromatic N) is 6. The Bertz CT molecular complexity index is 1050. The van der Waals surface area contributed by atoms with E-state index < -0.39 is 0 Å². The number of nitrogens with one attached hydrogen (secondary N) is 2. The quantitative estimate of drug-likeness (QED) is 0.348. The summed E-state index contributed by atoms with van der Waals surface area (Å²) in [5.41, 5.74) is 8.91. The first-order chi connectivity index (χ1) is 16.5. The molecule has 2 aromatic heterocycles. The number of aromatic nitrogens is 5. The molecule has 0 radical (unpaired) electrons. The van der Waals surface area contributed by atoms with Gasteiger partial charge in [0.15, 0.2) is 5.82 Å². The van der Waals surface area contributed by atoms with E-state index in [9.17, 15) is 5.11 Å². The van der Waals surface area contributed by atoms with Crippen LogP contribution >= 0.6 is 0 Å². The molecule has 1 atom stereocenters. The topological polar surface area (TPSA) is 139 Å². The van der Waals surface area contributed by atoms with E-state index in [1.165, 1.54) is 11.0 Å². The van der Waals surface area contributed by atoms with Crippen molar-refractivity contribution in [1.82, 2.24) is 30.0 Å². The van der Waals surface area contributed by atoms with E-state index in [1.54, 1.807) is 0 Å². The van der Waals surface area contributed by atoms with Gasteiger partial charge in [0, 0.05) is 43.1 Å². The Morgan fingerprint density at radius 1 is 1.15 bits per heavy atom. The largest absolute Gasteiger partial charge is 0.395 e. The molecule has 1 fully saturated rings. The summed E-state index contributed by atoms with van der Waals surface area (Å²) in [6.45, 7) is 8.13. The Morgan fingerprint density at radius 2 is 1.91 bits per heavy atom. The van der Waals surface area contributed by atoms with Gasteiger partial charge in [-0.1, -0.05) is 13.8 Å². The van der Waals surface area contributed by atoms with Crippen LogP contribution in [0, 0.1) is 5.92 Å². The van der Waals surface area contributed by atoms with Gasteiger partial charge in [-0.3, -0.25) is 0 Å². The highest BCUT2D eigenvalue weighted by atomic mass is 16.5. The van der Waals surface area contributed by atoms with Crippen molar-refractivity contribution in [3.05, 3.63) is 42.4 Å². The average Bonchev–Trinajstić information content (AvgIpc) is 3.22. The fourth-order valence-electron chi connectivity index (χ4n) is 3.89. The summed E-state index contributed by atoms with van der Waals surface area (Å²) in [5, 5.41) is 20.6. The second-order valence-corrected chi connectivity index (χ2v) is 8.73. The van der Waals surface area contributed by atoms with Crippen LogP contribution in [0.25, 0.3) is 5.82 Å². The number of benzene rings is 1. The second kappa shape index (κ2) is 11.2. The molecule has 1 unspecified atom stereocenters. The minimum absolute atomic E-state index is 0.0142. The zero-order valence-corrected chi connectivity index (χ0v) is 19.7. The molecular weight excluding hydrogens is 434 g/mol. The van der Waals surface area contributed by atoms with E-state index in [2.05, 4.69) is 61.6 Å². The molecular formula is C23H33N9O2. The number of hydrogen-bond acceptors (Lipinski definition) is 10. The van der Waals surface area contributed by atoms with Gasteiger partial charge in [-0.05, 0) is 36.6 Å². The number of rotatable bonds is 10. The minimum Gasteiger partial charge on any atom is -0.395 e. The van der Waals surface area contributed by atoms with Crippen molar-refractivity contribution >= 4 is 23.3 Å². The van der Waals surface area contributed by atoms with Crippen LogP contribution in [0.3, 0.4) is 0 Å². The predicted octanol–water partition coefficient (Wildman–Crippen LogP) is 1.72. The minimum atomic E-state index is 0.0142. The SMILES string of the molecule is CC(C)CC(CO)NCc1cc(-n2nc(Nc3ccc(N4CCOCC4)cc3)nc2N)ncn1. The van der Waals surface area contributed by atoms with Crippen LogP contribution in [0.2, 0.25) is 0 Å². The summed E-state index contributed by atoms with van der Waals surface area (Å²) in [6.07, 6.45) is 2.36. The molecule has 5 N–H and O–H groups in total. The maximum absolute atomic E-state index is 9.58. The average molecular weight is 468 g/mol. The van der Waals surface area contributed by atoms with Crippen LogP contribution < -0.4 is 21.3 Å². The van der Waals surface area contributed by atoms with Gasteiger partial charge in [0.1, 0.15) is 6.33 Å². The molecule has 3 heterocycles. The zero-order chi connectivity index (χ0) is 23.9. The molecule has 11 nitrogen and oxygen atoms in total. The Morgan fingerprint density at radius 3 is 2.62 bits per heavy atom. The van der Waals surface area contributed by atoms with Gasteiger partial charge in [-0.2, -0.15) is 9.67 Å². The lowest BCUT2D eigenvalue weighted by atomic mass is 10.0. The molecule has 11 heteroatoms. The van der Waals surface area contributed by atoms with Gasteiger partial charge >= 0.3 is 0 Å². The smallest absolute Gasteiger partial charge is 0.248 e. The molecule has 0 spiro atoms. The second-order valence-electron chi connectivity index (χ2n) is 8.73. The third-order valence-electron chi connectivity index (χ3n) is 5.61. The number of anilines is 4. The Balaban J connectivity index is 1.41. The van der Waals surface area contributed by atoms with Crippen molar-refractivity contribution in [1.29, 1.82) is 0 Å². The Labute approximate surface area is 199 Å². The highest BCUT2D eigenvalue weighted by Gasteiger charge is 2.14. The van der Waals surface area contributed by atoms with E-state index in [4.69, 9.17) is 10.5 Å². The summed E-state index contributed by atoms with van der Waals surface area (Å²) >= 11 is 0. The van der Waals surface area contributed by atoms with Crippen molar-refractivity contribution in [3.63, 3.8) is 0 Å². The van der Waals surface area contributed by atoms with Crippen LogP contribution in [-0.4, -0.2) is 68.8 Å². The van der Waals surface area contributed by atoms with Gasteiger partial charge in [-0.25, -0.2) is 9.97 Å². The van der Waals surface area contributed by atoms with E-state index in [-0.39, 0.29) is 18.6 Å².